The second kappa shape index (κ2) is 3.40. The summed E-state index contributed by atoms with van der Waals surface area (Å²) in [6, 6.07) is 5.52. The van der Waals surface area contributed by atoms with Gasteiger partial charge in [0.25, 0.3) is 0 Å². The third-order valence-electron chi connectivity index (χ3n) is 2.37. The Balaban J connectivity index is 2.35. The minimum Gasteiger partial charge on any atom is -0.423 e. The van der Waals surface area contributed by atoms with Crippen LogP contribution in [0, 0.1) is 0 Å². The van der Waals surface area contributed by atoms with Gasteiger partial charge in [0.2, 0.25) is 0 Å². The normalized spacial score (nSPS) is 14.6. The van der Waals surface area contributed by atoms with Gasteiger partial charge in [-0.1, -0.05) is 12.1 Å². The standard InChI is InChI=1S/C9H12BNO2/c12-10(13)8-4-3-7-2-1-5-11-9(7)6-8/h3-4,6,11-13H,1-2,5H2. The zero-order valence-corrected chi connectivity index (χ0v) is 7.33. The minimum absolute atomic E-state index is 0.549. The molecular formula is C9H12BNO2. The summed E-state index contributed by atoms with van der Waals surface area (Å²) in [6.07, 6.45) is 2.22. The van der Waals surface area contributed by atoms with E-state index in [0.29, 0.717) is 5.46 Å². The summed E-state index contributed by atoms with van der Waals surface area (Å²) in [6.45, 7) is 0.970. The van der Waals surface area contributed by atoms with Crippen molar-refractivity contribution in [2.45, 2.75) is 12.8 Å². The molecule has 0 bridgehead atoms. The van der Waals surface area contributed by atoms with Crippen LogP contribution in [-0.2, 0) is 6.42 Å². The van der Waals surface area contributed by atoms with Crippen LogP contribution in [0.4, 0.5) is 5.69 Å². The lowest BCUT2D eigenvalue weighted by molar-refractivity contribution is 0.426. The van der Waals surface area contributed by atoms with Gasteiger partial charge in [0.1, 0.15) is 0 Å². The molecule has 0 aliphatic carbocycles. The van der Waals surface area contributed by atoms with Crippen LogP contribution in [0.3, 0.4) is 0 Å². The molecule has 1 heterocycles. The highest BCUT2D eigenvalue weighted by molar-refractivity contribution is 6.58. The van der Waals surface area contributed by atoms with Crippen molar-refractivity contribution >= 4 is 18.3 Å². The molecule has 0 atom stereocenters. The van der Waals surface area contributed by atoms with Crippen LogP contribution >= 0.6 is 0 Å². The second-order valence-corrected chi connectivity index (χ2v) is 3.32. The summed E-state index contributed by atoms with van der Waals surface area (Å²) in [5, 5.41) is 21.1. The van der Waals surface area contributed by atoms with Gasteiger partial charge in [-0.3, -0.25) is 0 Å². The fraction of sp³-hybridized carbons (Fsp3) is 0.333. The van der Waals surface area contributed by atoms with Crippen LogP contribution in [0.2, 0.25) is 0 Å². The number of anilines is 1. The molecule has 0 spiro atoms. The summed E-state index contributed by atoms with van der Waals surface area (Å²) >= 11 is 0. The molecule has 0 saturated carbocycles. The summed E-state index contributed by atoms with van der Waals surface area (Å²) in [5.41, 5.74) is 2.85. The fourth-order valence-corrected chi connectivity index (χ4v) is 1.64. The number of nitrogens with one attached hydrogen (secondary N) is 1. The van der Waals surface area contributed by atoms with E-state index in [1.807, 2.05) is 6.07 Å². The topological polar surface area (TPSA) is 52.5 Å². The maximum atomic E-state index is 8.95. The Morgan fingerprint density at radius 2 is 2.15 bits per heavy atom. The average molecular weight is 177 g/mol. The number of fused-ring (bicyclic) bond motifs is 1. The van der Waals surface area contributed by atoms with Crippen molar-refractivity contribution in [3.05, 3.63) is 23.8 Å². The molecule has 0 saturated heterocycles. The highest BCUT2D eigenvalue weighted by atomic mass is 16.4. The summed E-state index contributed by atoms with van der Waals surface area (Å²) in [7, 11) is -1.37. The van der Waals surface area contributed by atoms with Crippen molar-refractivity contribution in [2.24, 2.45) is 0 Å². The molecule has 3 N–H and O–H groups in total. The molecule has 68 valence electrons. The van der Waals surface area contributed by atoms with E-state index in [-0.39, 0.29) is 0 Å². The molecule has 0 fully saturated rings. The van der Waals surface area contributed by atoms with Gasteiger partial charge in [-0.25, -0.2) is 0 Å². The third-order valence-corrected chi connectivity index (χ3v) is 2.37. The molecule has 1 aliphatic rings. The maximum Gasteiger partial charge on any atom is 0.488 e. The Morgan fingerprint density at radius 1 is 1.31 bits per heavy atom. The quantitative estimate of drug-likeness (QED) is 0.517. The second-order valence-electron chi connectivity index (χ2n) is 3.32. The van der Waals surface area contributed by atoms with Gasteiger partial charge in [-0.15, -0.1) is 0 Å². The van der Waals surface area contributed by atoms with Gasteiger partial charge in [-0.05, 0) is 29.9 Å². The lowest BCUT2D eigenvalue weighted by Crippen LogP contribution is -2.30. The average Bonchev–Trinajstić information content (AvgIpc) is 2.17. The summed E-state index contributed by atoms with van der Waals surface area (Å²) in [4.78, 5) is 0. The molecule has 0 aromatic heterocycles. The third kappa shape index (κ3) is 1.69. The van der Waals surface area contributed by atoms with Crippen LogP contribution in [0.5, 0.6) is 0 Å². The largest absolute Gasteiger partial charge is 0.488 e. The number of hydrogen-bond donors (Lipinski definition) is 3. The van der Waals surface area contributed by atoms with E-state index in [0.717, 1.165) is 25.1 Å². The Hall–Kier alpha value is -0.995. The highest BCUT2D eigenvalue weighted by Crippen LogP contribution is 2.19. The van der Waals surface area contributed by atoms with Crippen molar-refractivity contribution in [3.8, 4) is 0 Å². The van der Waals surface area contributed by atoms with Crippen molar-refractivity contribution in [2.75, 3.05) is 11.9 Å². The zero-order valence-electron chi connectivity index (χ0n) is 7.33. The van der Waals surface area contributed by atoms with E-state index in [2.05, 4.69) is 5.32 Å². The first kappa shape index (κ1) is 8.60. The summed E-state index contributed by atoms with van der Waals surface area (Å²) in [5.74, 6) is 0. The Kier molecular flexibility index (Phi) is 2.25. The number of hydrogen-bond acceptors (Lipinski definition) is 3. The SMILES string of the molecule is OB(O)c1ccc2c(c1)NCCC2. The lowest BCUT2D eigenvalue weighted by atomic mass is 9.79. The first-order valence-corrected chi connectivity index (χ1v) is 4.50. The molecule has 13 heavy (non-hydrogen) atoms. The van der Waals surface area contributed by atoms with E-state index < -0.39 is 7.12 Å². The monoisotopic (exact) mass is 177 g/mol. The predicted octanol–water partition coefficient (Wildman–Crippen LogP) is -0.276. The minimum atomic E-state index is -1.37. The highest BCUT2D eigenvalue weighted by Gasteiger charge is 2.14. The summed E-state index contributed by atoms with van der Waals surface area (Å²) < 4.78 is 0. The van der Waals surface area contributed by atoms with Crippen molar-refractivity contribution < 1.29 is 10.0 Å². The molecule has 1 aromatic rings. The molecular weight excluding hydrogens is 165 g/mol. The molecule has 1 aliphatic heterocycles. The maximum absolute atomic E-state index is 8.95. The Labute approximate surface area is 77.6 Å². The van der Waals surface area contributed by atoms with Crippen molar-refractivity contribution in [1.29, 1.82) is 0 Å². The van der Waals surface area contributed by atoms with E-state index in [1.165, 1.54) is 5.56 Å². The van der Waals surface area contributed by atoms with Crippen LogP contribution < -0.4 is 10.8 Å². The van der Waals surface area contributed by atoms with Crippen molar-refractivity contribution in [3.63, 3.8) is 0 Å². The molecule has 0 radical (unpaired) electrons. The molecule has 1 aromatic carbocycles. The predicted molar refractivity (Wildman–Crippen MR) is 53.1 cm³/mol. The zero-order chi connectivity index (χ0) is 9.26. The first-order chi connectivity index (χ1) is 6.27. The Morgan fingerprint density at radius 3 is 2.92 bits per heavy atom. The van der Waals surface area contributed by atoms with Gasteiger partial charge in [-0.2, -0.15) is 0 Å². The first-order valence-electron chi connectivity index (χ1n) is 4.50. The molecule has 3 nitrogen and oxygen atoms in total. The van der Waals surface area contributed by atoms with E-state index in [1.54, 1.807) is 12.1 Å². The number of aryl methyl sites for hydroxylation is 1. The molecule has 4 heteroatoms. The number of benzene rings is 1. The molecule has 0 amide bonds. The van der Waals surface area contributed by atoms with Gasteiger partial charge < -0.3 is 15.4 Å². The van der Waals surface area contributed by atoms with Gasteiger partial charge in [0.15, 0.2) is 0 Å². The fourth-order valence-electron chi connectivity index (χ4n) is 1.64. The van der Waals surface area contributed by atoms with Crippen LogP contribution in [0.1, 0.15) is 12.0 Å². The van der Waals surface area contributed by atoms with Crippen LogP contribution in [-0.4, -0.2) is 23.7 Å². The lowest BCUT2D eigenvalue weighted by Gasteiger charge is -2.18. The molecule has 0 unspecified atom stereocenters. The number of rotatable bonds is 1. The van der Waals surface area contributed by atoms with E-state index in [4.69, 9.17) is 10.0 Å². The molecule has 2 rings (SSSR count). The van der Waals surface area contributed by atoms with Gasteiger partial charge in [0, 0.05) is 12.2 Å². The van der Waals surface area contributed by atoms with Gasteiger partial charge >= 0.3 is 7.12 Å². The Bertz CT molecular complexity index is 314. The van der Waals surface area contributed by atoms with Gasteiger partial charge in [0.05, 0.1) is 0 Å². The van der Waals surface area contributed by atoms with E-state index >= 15 is 0 Å². The van der Waals surface area contributed by atoms with E-state index in [9.17, 15) is 0 Å². The smallest absolute Gasteiger partial charge is 0.423 e. The van der Waals surface area contributed by atoms with Crippen LogP contribution in [0.25, 0.3) is 0 Å². The van der Waals surface area contributed by atoms with Crippen molar-refractivity contribution in [1.82, 2.24) is 0 Å². The van der Waals surface area contributed by atoms with Crippen LogP contribution in [0.15, 0.2) is 18.2 Å².